The number of halogens is 5. The van der Waals surface area contributed by atoms with Gasteiger partial charge in [0.2, 0.25) is 5.60 Å². The zero-order valence-corrected chi connectivity index (χ0v) is 10.2. The normalized spacial score (nSPS) is 17.6. The van der Waals surface area contributed by atoms with Crippen LogP contribution in [0.3, 0.4) is 0 Å². The maximum Gasteiger partial charge on any atom is 0.423 e. The van der Waals surface area contributed by atoms with Crippen molar-refractivity contribution in [1.82, 2.24) is 0 Å². The first kappa shape index (κ1) is 14.6. The molecule has 0 aliphatic heterocycles. The predicted octanol–water partition coefficient (Wildman–Crippen LogP) is 3.09. The lowest BCUT2D eigenvalue weighted by molar-refractivity contribution is -0.272. The number of nitrogens with two attached hydrogens (primary N) is 1. The van der Waals surface area contributed by atoms with Crippen LogP contribution in [0.5, 0.6) is 0 Å². The minimum Gasteiger partial charge on any atom is -0.375 e. The third-order valence-corrected chi connectivity index (χ3v) is 2.99. The van der Waals surface area contributed by atoms with Crippen LogP contribution in [-0.4, -0.2) is 17.3 Å². The minimum atomic E-state index is -4.95. The van der Waals surface area contributed by atoms with Crippen molar-refractivity contribution in [2.24, 2.45) is 5.73 Å². The standard InChI is InChI=1S/C10H10Cl2F3NO/c1-5(16)9(17,10(13,14)15)7-4-6(11)2-3-8(7)12/h2-5,17H,16H2,1H3. The number of aliphatic hydroxyl groups is 1. The highest BCUT2D eigenvalue weighted by Crippen LogP contribution is 2.44. The Labute approximate surface area is 106 Å². The van der Waals surface area contributed by atoms with Gasteiger partial charge in [0.05, 0.1) is 0 Å². The smallest absolute Gasteiger partial charge is 0.375 e. The zero-order valence-electron chi connectivity index (χ0n) is 8.72. The fraction of sp³-hybridized carbons (Fsp3) is 0.400. The van der Waals surface area contributed by atoms with E-state index in [9.17, 15) is 18.3 Å². The van der Waals surface area contributed by atoms with Crippen molar-refractivity contribution in [3.05, 3.63) is 33.8 Å². The highest BCUT2D eigenvalue weighted by atomic mass is 35.5. The maximum absolute atomic E-state index is 12.9. The van der Waals surface area contributed by atoms with Crippen LogP contribution in [0.2, 0.25) is 10.0 Å². The van der Waals surface area contributed by atoms with E-state index in [4.69, 9.17) is 28.9 Å². The lowest BCUT2D eigenvalue weighted by Gasteiger charge is -2.34. The van der Waals surface area contributed by atoms with Crippen LogP contribution in [0.15, 0.2) is 18.2 Å². The summed E-state index contributed by atoms with van der Waals surface area (Å²) < 4.78 is 38.8. The van der Waals surface area contributed by atoms with E-state index in [-0.39, 0.29) is 10.0 Å². The summed E-state index contributed by atoms with van der Waals surface area (Å²) in [6.07, 6.45) is -4.95. The van der Waals surface area contributed by atoms with Gasteiger partial charge in [0.15, 0.2) is 0 Å². The second kappa shape index (κ2) is 4.65. The fourth-order valence-corrected chi connectivity index (χ4v) is 1.88. The van der Waals surface area contributed by atoms with Gasteiger partial charge in [0.25, 0.3) is 0 Å². The molecule has 0 bridgehead atoms. The maximum atomic E-state index is 12.9. The molecule has 7 heteroatoms. The van der Waals surface area contributed by atoms with E-state index in [1.54, 1.807) is 0 Å². The summed E-state index contributed by atoms with van der Waals surface area (Å²) in [4.78, 5) is 0. The number of rotatable bonds is 2. The van der Waals surface area contributed by atoms with Crippen LogP contribution >= 0.6 is 23.2 Å². The number of benzene rings is 1. The Balaban J connectivity index is 3.48. The fourth-order valence-electron chi connectivity index (χ4n) is 1.45. The quantitative estimate of drug-likeness (QED) is 0.878. The SMILES string of the molecule is CC(N)C(O)(c1cc(Cl)ccc1Cl)C(F)(F)F. The Bertz CT molecular complexity index is 423. The second-order valence-corrected chi connectivity index (χ2v) is 4.52. The van der Waals surface area contributed by atoms with Crippen LogP contribution in [0, 0.1) is 0 Å². The molecule has 3 N–H and O–H groups in total. The van der Waals surface area contributed by atoms with Crippen molar-refractivity contribution in [1.29, 1.82) is 0 Å². The molecule has 0 radical (unpaired) electrons. The van der Waals surface area contributed by atoms with Gasteiger partial charge in [-0.1, -0.05) is 23.2 Å². The first-order valence-electron chi connectivity index (χ1n) is 4.61. The van der Waals surface area contributed by atoms with Gasteiger partial charge in [0.1, 0.15) is 0 Å². The first-order valence-corrected chi connectivity index (χ1v) is 5.36. The first-order chi connectivity index (χ1) is 7.60. The Morgan fingerprint density at radius 2 is 1.82 bits per heavy atom. The molecule has 0 aromatic heterocycles. The molecule has 0 heterocycles. The Kier molecular flexibility index (Phi) is 3.98. The van der Waals surface area contributed by atoms with Gasteiger partial charge in [-0.15, -0.1) is 0 Å². The van der Waals surface area contributed by atoms with E-state index in [2.05, 4.69) is 0 Å². The summed E-state index contributed by atoms with van der Waals surface area (Å²) in [5.41, 5.74) is 1.46. The van der Waals surface area contributed by atoms with Crippen LogP contribution in [0.1, 0.15) is 12.5 Å². The minimum absolute atomic E-state index is 0.0349. The molecule has 1 rings (SSSR count). The predicted molar refractivity (Wildman–Crippen MR) is 60.1 cm³/mol. The Morgan fingerprint density at radius 1 is 1.29 bits per heavy atom. The molecule has 0 amide bonds. The molecule has 0 aliphatic carbocycles. The molecular formula is C10H10Cl2F3NO. The molecule has 1 aromatic carbocycles. The van der Waals surface area contributed by atoms with Crippen molar-refractivity contribution >= 4 is 23.2 Å². The van der Waals surface area contributed by atoms with E-state index in [1.165, 1.54) is 12.1 Å². The highest BCUT2D eigenvalue weighted by Gasteiger charge is 2.58. The van der Waals surface area contributed by atoms with Gasteiger partial charge in [-0.25, -0.2) is 0 Å². The molecule has 2 nitrogen and oxygen atoms in total. The summed E-state index contributed by atoms with van der Waals surface area (Å²) in [6, 6.07) is 1.88. The molecule has 0 fully saturated rings. The molecule has 2 unspecified atom stereocenters. The van der Waals surface area contributed by atoms with Gasteiger partial charge in [-0.2, -0.15) is 13.2 Å². The summed E-state index contributed by atoms with van der Waals surface area (Å²) >= 11 is 11.3. The molecular weight excluding hydrogens is 278 g/mol. The molecule has 0 spiro atoms. The number of hydrogen-bond donors (Lipinski definition) is 2. The van der Waals surface area contributed by atoms with Crippen LogP contribution in [0.25, 0.3) is 0 Å². The summed E-state index contributed by atoms with van der Waals surface area (Å²) in [6.45, 7) is 1.05. The van der Waals surface area contributed by atoms with Gasteiger partial charge in [-0.3, -0.25) is 0 Å². The van der Waals surface area contributed by atoms with Gasteiger partial charge in [-0.05, 0) is 25.1 Å². The molecule has 0 saturated heterocycles. The summed E-state index contributed by atoms with van der Waals surface area (Å²) in [7, 11) is 0. The van der Waals surface area contributed by atoms with Crippen LogP contribution in [-0.2, 0) is 5.60 Å². The molecule has 0 aliphatic rings. The molecule has 17 heavy (non-hydrogen) atoms. The van der Waals surface area contributed by atoms with E-state index in [0.717, 1.165) is 13.0 Å². The third-order valence-electron chi connectivity index (χ3n) is 2.43. The van der Waals surface area contributed by atoms with Crippen LogP contribution in [0.4, 0.5) is 13.2 Å². The zero-order chi connectivity index (χ0) is 13.4. The molecule has 96 valence electrons. The summed E-state index contributed by atoms with van der Waals surface area (Å²) in [5, 5.41) is 9.60. The van der Waals surface area contributed by atoms with Gasteiger partial charge < -0.3 is 10.8 Å². The topological polar surface area (TPSA) is 46.2 Å². The average Bonchev–Trinajstić information content (AvgIpc) is 2.18. The van der Waals surface area contributed by atoms with Crippen molar-refractivity contribution < 1.29 is 18.3 Å². The molecule has 1 aromatic rings. The summed E-state index contributed by atoms with van der Waals surface area (Å²) in [5.74, 6) is 0. The van der Waals surface area contributed by atoms with E-state index < -0.39 is 23.4 Å². The Hall–Kier alpha value is -0.490. The number of hydrogen-bond acceptors (Lipinski definition) is 2. The van der Waals surface area contributed by atoms with Crippen molar-refractivity contribution in [2.45, 2.75) is 24.7 Å². The highest BCUT2D eigenvalue weighted by molar-refractivity contribution is 6.33. The van der Waals surface area contributed by atoms with Crippen molar-refractivity contribution in [3.63, 3.8) is 0 Å². The van der Waals surface area contributed by atoms with E-state index in [1.807, 2.05) is 0 Å². The molecule has 2 atom stereocenters. The van der Waals surface area contributed by atoms with E-state index in [0.29, 0.717) is 0 Å². The van der Waals surface area contributed by atoms with Gasteiger partial charge >= 0.3 is 6.18 Å². The largest absolute Gasteiger partial charge is 0.423 e. The number of alkyl halides is 3. The van der Waals surface area contributed by atoms with Gasteiger partial charge in [0, 0.05) is 21.7 Å². The van der Waals surface area contributed by atoms with Crippen molar-refractivity contribution in [2.75, 3.05) is 0 Å². The van der Waals surface area contributed by atoms with Crippen molar-refractivity contribution in [3.8, 4) is 0 Å². The Morgan fingerprint density at radius 3 is 2.24 bits per heavy atom. The lowest BCUT2D eigenvalue weighted by Crippen LogP contribution is -2.54. The molecule has 0 saturated carbocycles. The lowest BCUT2D eigenvalue weighted by atomic mass is 9.87. The average molecular weight is 288 g/mol. The monoisotopic (exact) mass is 287 g/mol. The van der Waals surface area contributed by atoms with Crippen LogP contribution < -0.4 is 5.73 Å². The third kappa shape index (κ3) is 2.52. The van der Waals surface area contributed by atoms with E-state index >= 15 is 0 Å². The second-order valence-electron chi connectivity index (χ2n) is 3.68.